The minimum absolute atomic E-state index is 0.0382. The molecule has 3 N–H and O–H groups in total. The minimum Gasteiger partial charge on any atom is -0.502 e. The summed E-state index contributed by atoms with van der Waals surface area (Å²) in [7, 11) is 2.75. The number of carbonyl (C=O) groups is 3. The van der Waals surface area contributed by atoms with E-state index < -0.39 is 5.91 Å². The molecule has 10 heteroatoms. The normalized spacial score (nSPS) is 22.2. The van der Waals surface area contributed by atoms with Crippen LogP contribution in [-0.4, -0.2) is 85.2 Å². The van der Waals surface area contributed by atoms with Crippen molar-refractivity contribution in [2.24, 2.45) is 5.92 Å². The number of urea groups is 1. The van der Waals surface area contributed by atoms with Gasteiger partial charge in [-0.15, -0.1) is 0 Å². The SMILES string of the molecule is COc1cc(C(=O)NCC(=O)N2CCC(N3CCC4C=CC=CC4NC3=O)CC2)cc(OC)c1O. The molecule has 10 nitrogen and oxygen atoms in total. The van der Waals surface area contributed by atoms with Crippen LogP contribution in [-0.2, 0) is 4.79 Å². The summed E-state index contributed by atoms with van der Waals surface area (Å²) in [6.07, 6.45) is 10.5. The van der Waals surface area contributed by atoms with Gasteiger partial charge in [0.2, 0.25) is 11.7 Å². The number of hydrogen-bond acceptors (Lipinski definition) is 6. The molecule has 0 bridgehead atoms. The summed E-state index contributed by atoms with van der Waals surface area (Å²) in [5, 5.41) is 15.8. The summed E-state index contributed by atoms with van der Waals surface area (Å²) in [4.78, 5) is 41.7. The number of aromatic hydroxyl groups is 1. The topological polar surface area (TPSA) is 120 Å². The average molecular weight is 485 g/mol. The van der Waals surface area contributed by atoms with Gasteiger partial charge in [-0.05, 0) is 31.4 Å². The molecule has 4 amide bonds. The van der Waals surface area contributed by atoms with Crippen LogP contribution < -0.4 is 20.1 Å². The summed E-state index contributed by atoms with van der Waals surface area (Å²) in [5.41, 5.74) is 0.209. The van der Waals surface area contributed by atoms with E-state index in [1.165, 1.54) is 26.4 Å². The maximum absolute atomic E-state index is 12.8. The van der Waals surface area contributed by atoms with Crippen LogP contribution >= 0.6 is 0 Å². The van der Waals surface area contributed by atoms with E-state index in [1.807, 2.05) is 23.1 Å². The van der Waals surface area contributed by atoms with Gasteiger partial charge in [0, 0.05) is 37.2 Å². The number of carbonyl (C=O) groups excluding carboxylic acids is 3. The third-order valence-corrected chi connectivity index (χ3v) is 6.90. The Labute approximate surface area is 204 Å². The molecule has 188 valence electrons. The lowest BCUT2D eigenvalue weighted by Crippen LogP contribution is -2.52. The Bertz CT molecular complexity index is 1010. The Hall–Kier alpha value is -3.69. The van der Waals surface area contributed by atoms with Crippen molar-refractivity contribution in [3.8, 4) is 17.2 Å². The number of phenols is 1. The number of phenolic OH excluding ortho intramolecular Hbond substituents is 1. The monoisotopic (exact) mass is 484 g/mol. The highest BCUT2D eigenvalue weighted by Crippen LogP contribution is 2.37. The fraction of sp³-hybridized carbons (Fsp3) is 0.480. The van der Waals surface area contributed by atoms with Crippen molar-refractivity contribution in [2.45, 2.75) is 31.3 Å². The molecule has 2 aliphatic heterocycles. The molecular weight excluding hydrogens is 452 g/mol. The van der Waals surface area contributed by atoms with Gasteiger partial charge in [-0.2, -0.15) is 0 Å². The lowest BCUT2D eigenvalue weighted by molar-refractivity contribution is -0.131. The zero-order valence-corrected chi connectivity index (χ0v) is 20.0. The van der Waals surface area contributed by atoms with Crippen LogP contribution in [0, 0.1) is 5.92 Å². The molecule has 3 aliphatic rings. The molecule has 2 atom stereocenters. The van der Waals surface area contributed by atoms with Crippen LogP contribution in [0.5, 0.6) is 17.2 Å². The number of fused-ring (bicyclic) bond motifs is 1. The first-order valence-corrected chi connectivity index (χ1v) is 11.8. The first-order valence-electron chi connectivity index (χ1n) is 11.8. The lowest BCUT2D eigenvalue weighted by Gasteiger charge is -2.38. The predicted molar refractivity (Wildman–Crippen MR) is 129 cm³/mol. The van der Waals surface area contributed by atoms with E-state index in [0.29, 0.717) is 38.4 Å². The second kappa shape index (κ2) is 10.7. The van der Waals surface area contributed by atoms with Crippen molar-refractivity contribution in [2.75, 3.05) is 40.4 Å². The van der Waals surface area contributed by atoms with Crippen molar-refractivity contribution in [3.05, 3.63) is 42.0 Å². The molecule has 0 spiro atoms. The zero-order valence-electron chi connectivity index (χ0n) is 20.0. The number of likely N-dealkylation sites (tertiary alicyclic amines) is 1. The van der Waals surface area contributed by atoms with Gasteiger partial charge in [-0.3, -0.25) is 9.59 Å². The van der Waals surface area contributed by atoms with Crippen LogP contribution in [0.15, 0.2) is 36.4 Å². The Morgan fingerprint density at radius 3 is 2.37 bits per heavy atom. The van der Waals surface area contributed by atoms with E-state index in [4.69, 9.17) is 9.47 Å². The van der Waals surface area contributed by atoms with Crippen LogP contribution in [0.1, 0.15) is 29.6 Å². The van der Waals surface area contributed by atoms with Gasteiger partial charge in [0.25, 0.3) is 5.91 Å². The lowest BCUT2D eigenvalue weighted by atomic mass is 9.92. The second-order valence-electron chi connectivity index (χ2n) is 8.92. The maximum Gasteiger partial charge on any atom is 0.318 e. The highest BCUT2D eigenvalue weighted by Gasteiger charge is 2.34. The average Bonchev–Trinajstić information content (AvgIpc) is 3.05. The quantitative estimate of drug-likeness (QED) is 0.565. The Morgan fingerprint density at radius 2 is 1.71 bits per heavy atom. The van der Waals surface area contributed by atoms with Crippen LogP contribution in [0.25, 0.3) is 0 Å². The van der Waals surface area contributed by atoms with Gasteiger partial charge in [0.05, 0.1) is 26.8 Å². The van der Waals surface area contributed by atoms with E-state index in [9.17, 15) is 19.5 Å². The number of piperidine rings is 1. The van der Waals surface area contributed by atoms with Crippen LogP contribution in [0.3, 0.4) is 0 Å². The number of nitrogens with zero attached hydrogens (tertiary/aromatic N) is 2. The molecule has 2 unspecified atom stereocenters. The van der Waals surface area contributed by atoms with Gasteiger partial charge in [0.1, 0.15) is 0 Å². The molecule has 2 saturated heterocycles. The van der Waals surface area contributed by atoms with Crippen molar-refractivity contribution >= 4 is 17.8 Å². The first-order chi connectivity index (χ1) is 16.9. The van der Waals surface area contributed by atoms with Gasteiger partial charge in [0.15, 0.2) is 11.5 Å². The number of amides is 4. The summed E-state index contributed by atoms with van der Waals surface area (Å²) in [6, 6.07) is 2.85. The molecule has 2 heterocycles. The third-order valence-electron chi connectivity index (χ3n) is 6.90. The fourth-order valence-corrected chi connectivity index (χ4v) is 4.87. The van der Waals surface area contributed by atoms with E-state index >= 15 is 0 Å². The van der Waals surface area contributed by atoms with E-state index in [-0.39, 0.29) is 53.4 Å². The Morgan fingerprint density at radius 1 is 1.06 bits per heavy atom. The summed E-state index contributed by atoms with van der Waals surface area (Å²) >= 11 is 0. The van der Waals surface area contributed by atoms with Crippen molar-refractivity contribution in [1.29, 1.82) is 0 Å². The Balaban J connectivity index is 1.28. The fourth-order valence-electron chi connectivity index (χ4n) is 4.87. The number of rotatable bonds is 6. The summed E-state index contributed by atoms with van der Waals surface area (Å²) < 4.78 is 10.2. The van der Waals surface area contributed by atoms with E-state index in [0.717, 1.165) is 6.42 Å². The second-order valence-corrected chi connectivity index (χ2v) is 8.92. The molecule has 1 aromatic carbocycles. The number of nitrogens with one attached hydrogen (secondary N) is 2. The minimum atomic E-state index is -0.476. The molecule has 4 rings (SSSR count). The van der Waals surface area contributed by atoms with Gasteiger partial charge in [-0.1, -0.05) is 24.3 Å². The first kappa shape index (κ1) is 24.4. The number of methoxy groups -OCH3 is 2. The molecule has 0 saturated carbocycles. The van der Waals surface area contributed by atoms with Crippen LogP contribution in [0.2, 0.25) is 0 Å². The summed E-state index contributed by atoms with van der Waals surface area (Å²) in [5.74, 6) is -0.340. The largest absolute Gasteiger partial charge is 0.502 e. The van der Waals surface area contributed by atoms with Gasteiger partial charge in [-0.25, -0.2) is 4.79 Å². The number of allylic oxidation sites excluding steroid dienone is 2. The highest BCUT2D eigenvalue weighted by molar-refractivity contribution is 5.97. The van der Waals surface area contributed by atoms with Gasteiger partial charge < -0.3 is 35.0 Å². The molecule has 1 aromatic rings. The van der Waals surface area contributed by atoms with Crippen molar-refractivity contribution < 1.29 is 29.0 Å². The smallest absolute Gasteiger partial charge is 0.318 e. The predicted octanol–water partition coefficient (Wildman–Crippen LogP) is 1.66. The number of ether oxygens (including phenoxy) is 2. The standard InChI is InChI=1S/C25H32N4O6/c1-34-20-13-17(14-21(35-2)23(20)31)24(32)26-15-22(30)28-10-8-18(9-11-28)29-12-7-16-5-3-4-6-19(16)27-25(29)33/h3-6,13-14,16,18-19,31H,7-12,15H2,1-2H3,(H,26,32)(H,27,33). The van der Waals surface area contributed by atoms with Crippen molar-refractivity contribution in [1.82, 2.24) is 20.4 Å². The molecule has 35 heavy (non-hydrogen) atoms. The Kier molecular flexibility index (Phi) is 7.48. The molecule has 1 aliphatic carbocycles. The third kappa shape index (κ3) is 5.36. The number of hydrogen-bond donors (Lipinski definition) is 3. The number of benzene rings is 1. The van der Waals surface area contributed by atoms with E-state index in [2.05, 4.69) is 16.7 Å². The highest BCUT2D eigenvalue weighted by atomic mass is 16.5. The molecular formula is C25H32N4O6. The van der Waals surface area contributed by atoms with Gasteiger partial charge >= 0.3 is 6.03 Å². The van der Waals surface area contributed by atoms with E-state index in [1.54, 1.807) is 4.90 Å². The summed E-state index contributed by atoms with van der Waals surface area (Å²) in [6.45, 7) is 1.59. The zero-order chi connectivity index (χ0) is 24.9. The van der Waals surface area contributed by atoms with Crippen LogP contribution in [0.4, 0.5) is 4.79 Å². The maximum atomic E-state index is 12.8. The molecule has 2 fully saturated rings. The van der Waals surface area contributed by atoms with Crippen molar-refractivity contribution in [3.63, 3.8) is 0 Å². The molecule has 0 aromatic heterocycles. The molecule has 0 radical (unpaired) electrons.